The highest BCUT2D eigenvalue weighted by Crippen LogP contribution is 2.28. The number of Topliss-reactive ketones (excluding diaryl/α,β-unsaturated/α-hetero) is 1. The molecule has 0 atom stereocenters. The Morgan fingerprint density at radius 3 is 2.25 bits per heavy atom. The number of rotatable bonds is 8. The van der Waals surface area contributed by atoms with Crippen molar-refractivity contribution in [2.45, 2.75) is 24.7 Å². The summed E-state index contributed by atoms with van der Waals surface area (Å²) in [4.78, 5) is 24.8. The molecule has 1 saturated heterocycles. The lowest BCUT2D eigenvalue weighted by Gasteiger charge is -2.26. The molecule has 0 amide bonds. The summed E-state index contributed by atoms with van der Waals surface area (Å²) in [5.41, 5.74) is 1.55. The summed E-state index contributed by atoms with van der Waals surface area (Å²) in [5, 5.41) is 0. The van der Waals surface area contributed by atoms with Crippen LogP contribution in [0.3, 0.4) is 0 Å². The van der Waals surface area contributed by atoms with Crippen molar-refractivity contribution in [1.82, 2.24) is 4.31 Å². The van der Waals surface area contributed by atoms with Crippen LogP contribution in [0.5, 0.6) is 5.75 Å². The molecule has 0 spiro atoms. The minimum absolute atomic E-state index is 0.0144. The largest absolute Gasteiger partial charge is 0.495 e. The fourth-order valence-electron chi connectivity index (χ4n) is 3.28. The van der Waals surface area contributed by atoms with Crippen LogP contribution in [0, 0.1) is 0 Å². The van der Waals surface area contributed by atoms with E-state index in [1.54, 1.807) is 12.1 Å². The van der Waals surface area contributed by atoms with E-state index in [-0.39, 0.29) is 35.1 Å². The second-order valence-electron chi connectivity index (χ2n) is 7.66. The van der Waals surface area contributed by atoms with Gasteiger partial charge in [0.15, 0.2) is 12.4 Å². The summed E-state index contributed by atoms with van der Waals surface area (Å²) >= 11 is 0. The van der Waals surface area contributed by atoms with Crippen LogP contribution in [-0.4, -0.2) is 64.5 Å². The Bertz CT molecular complexity index is 1070. The molecule has 2 aromatic rings. The summed E-state index contributed by atoms with van der Waals surface area (Å²) in [6.07, 6.45) is 0. The van der Waals surface area contributed by atoms with Crippen molar-refractivity contribution >= 4 is 21.8 Å². The topological polar surface area (TPSA) is 99.2 Å². The summed E-state index contributed by atoms with van der Waals surface area (Å²) < 4.78 is 43.0. The number of morpholine rings is 1. The van der Waals surface area contributed by atoms with Crippen LogP contribution in [0.1, 0.15) is 46.0 Å². The number of ether oxygens (including phenoxy) is 3. The van der Waals surface area contributed by atoms with Gasteiger partial charge in [0.05, 0.1) is 25.9 Å². The van der Waals surface area contributed by atoms with Crippen molar-refractivity contribution < 1.29 is 32.2 Å². The second kappa shape index (κ2) is 10.2. The highest BCUT2D eigenvalue weighted by atomic mass is 32.2. The van der Waals surface area contributed by atoms with Crippen LogP contribution in [-0.2, 0) is 19.5 Å². The zero-order valence-electron chi connectivity index (χ0n) is 18.4. The van der Waals surface area contributed by atoms with Gasteiger partial charge in [0.2, 0.25) is 10.0 Å². The van der Waals surface area contributed by atoms with Crippen molar-refractivity contribution in [2.75, 3.05) is 40.0 Å². The average molecular weight is 462 g/mol. The van der Waals surface area contributed by atoms with Crippen molar-refractivity contribution in [3.05, 3.63) is 59.2 Å². The fraction of sp³-hybridized carbons (Fsp3) is 0.391. The van der Waals surface area contributed by atoms with Crippen molar-refractivity contribution in [1.29, 1.82) is 0 Å². The molecule has 0 bridgehead atoms. The number of methoxy groups -OCH3 is 1. The van der Waals surface area contributed by atoms with Gasteiger partial charge in [-0.2, -0.15) is 4.31 Å². The molecule has 1 heterocycles. The normalized spacial score (nSPS) is 14.9. The molecule has 32 heavy (non-hydrogen) atoms. The molecule has 1 aliphatic rings. The number of sulfonamides is 1. The van der Waals surface area contributed by atoms with E-state index in [0.29, 0.717) is 24.7 Å². The maximum atomic E-state index is 13.1. The molecule has 0 aromatic heterocycles. The van der Waals surface area contributed by atoms with Gasteiger partial charge in [-0.15, -0.1) is 0 Å². The van der Waals surface area contributed by atoms with E-state index in [0.717, 1.165) is 5.56 Å². The highest BCUT2D eigenvalue weighted by molar-refractivity contribution is 7.89. The minimum atomic E-state index is -3.89. The third-order valence-electron chi connectivity index (χ3n) is 5.22. The summed E-state index contributed by atoms with van der Waals surface area (Å²) in [5.74, 6) is -0.675. The Labute approximate surface area is 188 Å². The zero-order chi connectivity index (χ0) is 23.3. The van der Waals surface area contributed by atoms with Gasteiger partial charge in [0.25, 0.3) is 0 Å². The number of benzene rings is 2. The van der Waals surface area contributed by atoms with Gasteiger partial charge in [0, 0.05) is 18.7 Å². The minimum Gasteiger partial charge on any atom is -0.495 e. The van der Waals surface area contributed by atoms with Gasteiger partial charge in [-0.05, 0) is 29.7 Å². The lowest BCUT2D eigenvalue weighted by molar-refractivity contribution is 0.0474. The van der Waals surface area contributed by atoms with E-state index in [9.17, 15) is 18.0 Å². The second-order valence-corrected chi connectivity index (χ2v) is 9.56. The van der Waals surface area contributed by atoms with E-state index < -0.39 is 22.6 Å². The summed E-state index contributed by atoms with van der Waals surface area (Å²) in [6, 6.07) is 11.2. The Kier molecular flexibility index (Phi) is 7.65. The Hall–Kier alpha value is -2.75. The van der Waals surface area contributed by atoms with Crippen molar-refractivity contribution in [3.63, 3.8) is 0 Å². The van der Waals surface area contributed by atoms with E-state index in [1.165, 1.54) is 29.6 Å². The van der Waals surface area contributed by atoms with Gasteiger partial charge < -0.3 is 14.2 Å². The zero-order valence-corrected chi connectivity index (χ0v) is 19.2. The van der Waals surface area contributed by atoms with Crippen molar-refractivity contribution in [3.8, 4) is 5.75 Å². The number of ketones is 1. The Morgan fingerprint density at radius 2 is 1.66 bits per heavy atom. The van der Waals surface area contributed by atoms with Crippen LogP contribution < -0.4 is 4.74 Å². The molecule has 2 aromatic carbocycles. The predicted octanol–water partition coefficient (Wildman–Crippen LogP) is 2.88. The fourth-order valence-corrected chi connectivity index (χ4v) is 4.87. The molecule has 0 radical (unpaired) electrons. The lowest BCUT2D eigenvalue weighted by atomic mass is 10.0. The summed E-state index contributed by atoms with van der Waals surface area (Å²) in [7, 11) is -2.54. The Balaban J connectivity index is 1.74. The lowest BCUT2D eigenvalue weighted by Crippen LogP contribution is -2.40. The molecule has 1 aliphatic heterocycles. The predicted molar refractivity (Wildman–Crippen MR) is 118 cm³/mol. The van der Waals surface area contributed by atoms with E-state index in [1.807, 2.05) is 12.1 Å². The van der Waals surface area contributed by atoms with Gasteiger partial charge in [-0.3, -0.25) is 4.79 Å². The molecule has 0 saturated carbocycles. The number of hydrogen-bond donors (Lipinski definition) is 0. The van der Waals surface area contributed by atoms with Gasteiger partial charge in [-0.25, -0.2) is 13.2 Å². The molecular formula is C23H27NO7S. The molecule has 172 valence electrons. The van der Waals surface area contributed by atoms with E-state index in [2.05, 4.69) is 13.8 Å². The Morgan fingerprint density at radius 1 is 1.03 bits per heavy atom. The van der Waals surface area contributed by atoms with E-state index in [4.69, 9.17) is 14.2 Å². The molecule has 1 fully saturated rings. The number of carbonyl (C=O) groups is 2. The molecule has 0 aliphatic carbocycles. The van der Waals surface area contributed by atoms with Crippen LogP contribution in [0.15, 0.2) is 47.4 Å². The van der Waals surface area contributed by atoms with Gasteiger partial charge in [-0.1, -0.05) is 38.1 Å². The quantitative estimate of drug-likeness (QED) is 0.440. The summed E-state index contributed by atoms with van der Waals surface area (Å²) in [6.45, 7) is 4.68. The monoisotopic (exact) mass is 461 g/mol. The number of nitrogens with zero attached hydrogens (tertiary/aromatic N) is 1. The first kappa shape index (κ1) is 23.9. The molecule has 0 unspecified atom stereocenters. The third-order valence-corrected chi connectivity index (χ3v) is 7.14. The molecular weight excluding hydrogens is 434 g/mol. The maximum absolute atomic E-state index is 13.1. The molecule has 9 heteroatoms. The highest BCUT2D eigenvalue weighted by Gasteiger charge is 2.30. The number of hydrogen-bond acceptors (Lipinski definition) is 7. The van der Waals surface area contributed by atoms with Crippen LogP contribution in [0.25, 0.3) is 0 Å². The van der Waals surface area contributed by atoms with Crippen LogP contribution in [0.2, 0.25) is 0 Å². The molecule has 8 nitrogen and oxygen atoms in total. The number of esters is 1. The third kappa shape index (κ3) is 5.35. The molecule has 0 N–H and O–H groups in total. The van der Waals surface area contributed by atoms with E-state index >= 15 is 0 Å². The maximum Gasteiger partial charge on any atom is 0.338 e. The van der Waals surface area contributed by atoms with Crippen LogP contribution in [0.4, 0.5) is 0 Å². The first-order chi connectivity index (χ1) is 15.2. The SMILES string of the molecule is COc1ccc(C(=O)OCC(=O)c2ccc(C(C)C)cc2)cc1S(=O)(=O)N1CCOCC1. The molecule has 3 rings (SSSR count). The smallest absolute Gasteiger partial charge is 0.338 e. The van der Waals surface area contributed by atoms with Gasteiger partial charge >= 0.3 is 5.97 Å². The van der Waals surface area contributed by atoms with Crippen molar-refractivity contribution in [2.24, 2.45) is 0 Å². The first-order valence-corrected chi connectivity index (χ1v) is 11.7. The number of carbonyl (C=O) groups excluding carboxylic acids is 2. The standard InChI is InChI=1S/C23H27NO7S/c1-16(2)17-4-6-18(7-5-17)20(25)15-31-23(26)19-8-9-21(29-3)22(14-19)32(27,28)24-10-12-30-13-11-24/h4-9,14,16H,10-13,15H2,1-3H3. The van der Waals surface area contributed by atoms with Gasteiger partial charge in [0.1, 0.15) is 10.6 Å². The average Bonchev–Trinajstić information content (AvgIpc) is 2.82. The first-order valence-electron chi connectivity index (χ1n) is 10.3. The van der Waals surface area contributed by atoms with Crippen LogP contribution >= 0.6 is 0 Å².